The van der Waals surface area contributed by atoms with Gasteiger partial charge in [-0.1, -0.05) is 0 Å². The first-order valence-electron chi connectivity index (χ1n) is 9.00. The molecule has 0 unspecified atom stereocenters. The molecule has 0 spiro atoms. The molecule has 0 aromatic rings. The van der Waals surface area contributed by atoms with Crippen LogP contribution >= 0.6 is 24.0 Å². The fourth-order valence-electron chi connectivity index (χ4n) is 3.12. The highest BCUT2D eigenvalue weighted by Gasteiger charge is 2.29. The van der Waals surface area contributed by atoms with E-state index in [1.54, 1.807) is 0 Å². The molecule has 0 amide bonds. The highest BCUT2D eigenvalue weighted by atomic mass is 127. The minimum Gasteiger partial charge on any atom is -0.388 e. The number of hydrogen-bond donors (Lipinski definition) is 2. The molecule has 2 fully saturated rings. The van der Waals surface area contributed by atoms with Gasteiger partial charge in [-0.15, -0.1) is 24.0 Å². The highest BCUT2D eigenvalue weighted by molar-refractivity contribution is 14.0. The molecule has 0 aliphatic carbocycles. The molecule has 2 rings (SSSR count). The standard InChI is InChI=1S/C17H33N3O3.HI/c1-3-18-16(19-14-17(21)7-12-23-13-8-17)20(2)9-4-15-5-10-22-11-6-15;/h15,21H,3-14H2,1-2H3,(H,18,19);1H. The molecule has 0 atom stereocenters. The second kappa shape index (κ2) is 11.5. The molecule has 7 heteroatoms. The lowest BCUT2D eigenvalue weighted by atomic mass is 9.95. The number of nitrogens with one attached hydrogen (secondary N) is 1. The Kier molecular flexibility index (Phi) is 10.5. The summed E-state index contributed by atoms with van der Waals surface area (Å²) in [7, 11) is 2.08. The fourth-order valence-corrected chi connectivity index (χ4v) is 3.12. The summed E-state index contributed by atoms with van der Waals surface area (Å²) in [6.45, 7) is 7.39. The normalized spacial score (nSPS) is 21.9. The van der Waals surface area contributed by atoms with Crippen molar-refractivity contribution in [3.05, 3.63) is 0 Å². The van der Waals surface area contributed by atoms with Gasteiger partial charge in [-0.25, -0.2) is 0 Å². The molecule has 0 aromatic carbocycles. The average Bonchev–Trinajstić information content (AvgIpc) is 2.58. The van der Waals surface area contributed by atoms with Gasteiger partial charge in [-0.3, -0.25) is 4.99 Å². The average molecular weight is 455 g/mol. The minimum absolute atomic E-state index is 0. The molecular formula is C17H34IN3O3. The van der Waals surface area contributed by atoms with Crippen LogP contribution in [0, 0.1) is 5.92 Å². The Morgan fingerprint density at radius 3 is 2.46 bits per heavy atom. The van der Waals surface area contributed by atoms with E-state index in [1.807, 2.05) is 0 Å². The van der Waals surface area contributed by atoms with Gasteiger partial charge in [0.1, 0.15) is 0 Å². The van der Waals surface area contributed by atoms with E-state index in [4.69, 9.17) is 9.47 Å². The lowest BCUT2D eigenvalue weighted by Gasteiger charge is -2.31. The molecule has 0 bridgehead atoms. The molecule has 2 heterocycles. The molecule has 6 nitrogen and oxygen atoms in total. The lowest BCUT2D eigenvalue weighted by Crippen LogP contribution is -2.43. The van der Waals surface area contributed by atoms with Crippen molar-refractivity contribution in [2.24, 2.45) is 10.9 Å². The third-order valence-electron chi connectivity index (χ3n) is 4.86. The Morgan fingerprint density at radius 1 is 1.21 bits per heavy atom. The Bertz CT molecular complexity index is 370. The van der Waals surface area contributed by atoms with Crippen LogP contribution in [0.4, 0.5) is 0 Å². The predicted octanol–water partition coefficient (Wildman–Crippen LogP) is 1.86. The van der Waals surface area contributed by atoms with Gasteiger partial charge in [0, 0.05) is 59.4 Å². The van der Waals surface area contributed by atoms with E-state index in [0.29, 0.717) is 32.6 Å². The largest absolute Gasteiger partial charge is 0.388 e. The molecule has 0 saturated carbocycles. The van der Waals surface area contributed by atoms with Gasteiger partial charge in [0.2, 0.25) is 0 Å². The zero-order chi connectivity index (χ0) is 16.5. The molecule has 2 aliphatic rings. The van der Waals surface area contributed by atoms with E-state index in [1.165, 1.54) is 19.3 Å². The predicted molar refractivity (Wildman–Crippen MR) is 107 cm³/mol. The van der Waals surface area contributed by atoms with Gasteiger partial charge in [0.15, 0.2) is 5.96 Å². The van der Waals surface area contributed by atoms with Gasteiger partial charge in [-0.05, 0) is 32.1 Å². The fraction of sp³-hybridized carbons (Fsp3) is 0.941. The van der Waals surface area contributed by atoms with E-state index >= 15 is 0 Å². The van der Waals surface area contributed by atoms with Crippen LogP contribution in [-0.4, -0.2) is 74.7 Å². The van der Waals surface area contributed by atoms with Crippen LogP contribution < -0.4 is 5.32 Å². The molecular weight excluding hydrogens is 421 g/mol. The third kappa shape index (κ3) is 7.41. The van der Waals surface area contributed by atoms with Crippen molar-refractivity contribution in [1.29, 1.82) is 0 Å². The third-order valence-corrected chi connectivity index (χ3v) is 4.86. The van der Waals surface area contributed by atoms with Gasteiger partial charge < -0.3 is 24.8 Å². The van der Waals surface area contributed by atoms with Gasteiger partial charge in [0.25, 0.3) is 0 Å². The van der Waals surface area contributed by atoms with Crippen molar-refractivity contribution in [3.63, 3.8) is 0 Å². The first-order valence-corrected chi connectivity index (χ1v) is 9.00. The minimum atomic E-state index is -0.708. The van der Waals surface area contributed by atoms with Crippen LogP contribution in [0.2, 0.25) is 0 Å². The second-order valence-corrected chi connectivity index (χ2v) is 6.77. The summed E-state index contributed by atoms with van der Waals surface area (Å²) in [6.07, 6.45) is 4.84. The quantitative estimate of drug-likeness (QED) is 0.364. The summed E-state index contributed by atoms with van der Waals surface area (Å²) in [5.74, 6) is 1.65. The number of halogens is 1. The number of rotatable bonds is 6. The molecule has 0 aromatic heterocycles. The smallest absolute Gasteiger partial charge is 0.193 e. The van der Waals surface area contributed by atoms with Crippen LogP contribution in [-0.2, 0) is 9.47 Å². The summed E-state index contributed by atoms with van der Waals surface area (Å²) >= 11 is 0. The number of hydrogen-bond acceptors (Lipinski definition) is 4. The Balaban J connectivity index is 0.00000288. The maximum atomic E-state index is 10.6. The van der Waals surface area contributed by atoms with E-state index in [0.717, 1.165) is 38.2 Å². The lowest BCUT2D eigenvalue weighted by molar-refractivity contribution is -0.0566. The van der Waals surface area contributed by atoms with Crippen LogP contribution in [0.1, 0.15) is 39.0 Å². The van der Waals surface area contributed by atoms with Crippen molar-refractivity contribution in [2.45, 2.75) is 44.6 Å². The van der Waals surface area contributed by atoms with E-state index in [-0.39, 0.29) is 24.0 Å². The molecule has 142 valence electrons. The number of nitrogens with zero attached hydrogens (tertiary/aromatic N) is 2. The summed E-state index contributed by atoms with van der Waals surface area (Å²) < 4.78 is 10.7. The highest BCUT2D eigenvalue weighted by Crippen LogP contribution is 2.21. The summed E-state index contributed by atoms with van der Waals surface area (Å²) in [6, 6.07) is 0. The summed E-state index contributed by atoms with van der Waals surface area (Å²) in [5, 5.41) is 13.9. The van der Waals surface area contributed by atoms with Crippen molar-refractivity contribution in [1.82, 2.24) is 10.2 Å². The number of ether oxygens (including phenoxy) is 2. The Labute approximate surface area is 163 Å². The van der Waals surface area contributed by atoms with Crippen molar-refractivity contribution in [3.8, 4) is 0 Å². The summed E-state index contributed by atoms with van der Waals surface area (Å²) in [5.41, 5.74) is -0.708. The maximum absolute atomic E-state index is 10.6. The van der Waals surface area contributed by atoms with Gasteiger partial charge in [0.05, 0.1) is 12.1 Å². The number of aliphatic imine (C=N–C) groups is 1. The topological polar surface area (TPSA) is 66.3 Å². The van der Waals surface area contributed by atoms with E-state index in [9.17, 15) is 5.11 Å². The Morgan fingerprint density at radius 2 is 1.83 bits per heavy atom. The SMILES string of the molecule is CCNC(=NCC1(O)CCOCC1)N(C)CCC1CCOCC1.I. The van der Waals surface area contributed by atoms with Crippen LogP contribution in [0.15, 0.2) is 4.99 Å². The molecule has 2 aliphatic heterocycles. The molecule has 24 heavy (non-hydrogen) atoms. The first-order chi connectivity index (χ1) is 11.1. The molecule has 0 radical (unpaired) electrons. The maximum Gasteiger partial charge on any atom is 0.193 e. The summed E-state index contributed by atoms with van der Waals surface area (Å²) in [4.78, 5) is 6.86. The zero-order valence-electron chi connectivity index (χ0n) is 15.1. The van der Waals surface area contributed by atoms with Gasteiger partial charge >= 0.3 is 0 Å². The van der Waals surface area contributed by atoms with E-state index in [2.05, 4.69) is 29.2 Å². The number of aliphatic hydroxyl groups is 1. The second-order valence-electron chi connectivity index (χ2n) is 6.77. The van der Waals surface area contributed by atoms with E-state index < -0.39 is 5.60 Å². The van der Waals surface area contributed by atoms with Gasteiger partial charge in [-0.2, -0.15) is 0 Å². The van der Waals surface area contributed by atoms with Crippen LogP contribution in [0.5, 0.6) is 0 Å². The van der Waals surface area contributed by atoms with Crippen molar-refractivity contribution >= 4 is 29.9 Å². The molecule has 2 saturated heterocycles. The monoisotopic (exact) mass is 455 g/mol. The van der Waals surface area contributed by atoms with Crippen molar-refractivity contribution < 1.29 is 14.6 Å². The van der Waals surface area contributed by atoms with Crippen LogP contribution in [0.25, 0.3) is 0 Å². The molecule has 2 N–H and O–H groups in total. The van der Waals surface area contributed by atoms with Crippen molar-refractivity contribution in [2.75, 3.05) is 53.1 Å². The number of guanidine groups is 1. The first kappa shape index (κ1) is 21.9. The van der Waals surface area contributed by atoms with Crippen LogP contribution in [0.3, 0.4) is 0 Å². The Hall–Kier alpha value is -0.120. The zero-order valence-corrected chi connectivity index (χ0v) is 17.5.